The minimum Gasteiger partial charge on any atom is -0.385 e. The first-order valence-electron chi connectivity index (χ1n) is 8.48. The minimum absolute atomic E-state index is 0.271. The summed E-state index contributed by atoms with van der Waals surface area (Å²) >= 11 is 6.37. The van der Waals surface area contributed by atoms with Gasteiger partial charge in [0, 0.05) is 37.6 Å². The Morgan fingerprint density at radius 3 is 2.65 bits per heavy atom. The Labute approximate surface area is 157 Å². The summed E-state index contributed by atoms with van der Waals surface area (Å²) in [4.78, 5) is 0. The summed E-state index contributed by atoms with van der Waals surface area (Å²) in [5, 5.41) is 8.76. The highest BCUT2D eigenvalue weighted by atomic mass is 35.5. The van der Waals surface area contributed by atoms with E-state index in [4.69, 9.17) is 21.4 Å². The molecule has 0 saturated heterocycles. The third kappa shape index (κ3) is 4.49. The van der Waals surface area contributed by atoms with Crippen molar-refractivity contribution in [3.05, 3.63) is 71.1 Å². The Morgan fingerprint density at radius 2 is 1.92 bits per heavy atom. The molecule has 0 atom stereocenters. The average molecular weight is 374 g/mol. The predicted molar refractivity (Wildman–Crippen MR) is 102 cm³/mol. The van der Waals surface area contributed by atoms with E-state index in [0.717, 1.165) is 42.1 Å². The van der Waals surface area contributed by atoms with Gasteiger partial charge in [-0.25, -0.2) is 9.07 Å². The van der Waals surface area contributed by atoms with Crippen molar-refractivity contribution >= 4 is 11.6 Å². The third-order valence-electron chi connectivity index (χ3n) is 4.03. The van der Waals surface area contributed by atoms with Crippen LogP contribution < -0.4 is 5.32 Å². The molecule has 4 nitrogen and oxygen atoms in total. The molecule has 0 bridgehead atoms. The smallest absolute Gasteiger partial charge is 0.123 e. The quantitative estimate of drug-likeness (QED) is 0.592. The van der Waals surface area contributed by atoms with Gasteiger partial charge in [-0.2, -0.15) is 5.10 Å². The number of rotatable bonds is 8. The van der Waals surface area contributed by atoms with Gasteiger partial charge >= 0.3 is 0 Å². The summed E-state index contributed by atoms with van der Waals surface area (Å²) in [5.74, 6) is -0.271. The summed E-state index contributed by atoms with van der Waals surface area (Å²) in [6, 6.07) is 13.9. The van der Waals surface area contributed by atoms with Gasteiger partial charge in [0.25, 0.3) is 0 Å². The first-order chi connectivity index (χ1) is 12.7. The zero-order chi connectivity index (χ0) is 18.4. The van der Waals surface area contributed by atoms with E-state index in [2.05, 4.69) is 5.32 Å². The molecule has 0 spiro atoms. The lowest BCUT2D eigenvalue weighted by Gasteiger charge is -2.06. The van der Waals surface area contributed by atoms with Gasteiger partial charge in [0.2, 0.25) is 0 Å². The molecule has 0 aliphatic rings. The predicted octanol–water partition coefficient (Wildman–Crippen LogP) is 4.46. The number of halogens is 2. The fourth-order valence-electron chi connectivity index (χ4n) is 2.71. The molecular formula is C20H21ClFN3O. The van der Waals surface area contributed by atoms with Crippen LogP contribution in [0, 0.1) is 5.82 Å². The van der Waals surface area contributed by atoms with Crippen LogP contribution in [0.1, 0.15) is 12.0 Å². The largest absolute Gasteiger partial charge is 0.385 e. The Bertz CT molecular complexity index is 849. The summed E-state index contributed by atoms with van der Waals surface area (Å²) in [6.45, 7) is 2.22. The molecule has 0 unspecified atom stereocenters. The highest BCUT2D eigenvalue weighted by Crippen LogP contribution is 2.30. The van der Waals surface area contributed by atoms with Crippen LogP contribution in [0.15, 0.2) is 54.7 Å². The molecule has 0 aliphatic carbocycles. The number of nitrogens with zero attached hydrogens (tertiary/aromatic N) is 2. The lowest BCUT2D eigenvalue weighted by Crippen LogP contribution is -2.16. The van der Waals surface area contributed by atoms with Gasteiger partial charge in [-0.3, -0.25) is 0 Å². The molecule has 1 aromatic heterocycles. The van der Waals surface area contributed by atoms with E-state index < -0.39 is 0 Å². The number of hydrogen-bond acceptors (Lipinski definition) is 3. The van der Waals surface area contributed by atoms with Crippen LogP contribution in [0.5, 0.6) is 0 Å². The van der Waals surface area contributed by atoms with Crippen LogP contribution in [0.25, 0.3) is 16.9 Å². The second-order valence-corrected chi connectivity index (χ2v) is 6.33. The molecule has 1 N–H and O–H groups in total. The second kappa shape index (κ2) is 8.94. The Hall–Kier alpha value is -2.21. The maximum Gasteiger partial charge on any atom is 0.123 e. The van der Waals surface area contributed by atoms with E-state index >= 15 is 0 Å². The van der Waals surface area contributed by atoms with E-state index in [-0.39, 0.29) is 5.82 Å². The Kier molecular flexibility index (Phi) is 6.39. The van der Waals surface area contributed by atoms with Crippen LogP contribution in [0.2, 0.25) is 5.02 Å². The van der Waals surface area contributed by atoms with Gasteiger partial charge in [0.1, 0.15) is 5.82 Å². The number of methoxy groups -OCH3 is 1. The van der Waals surface area contributed by atoms with Crippen LogP contribution in [-0.2, 0) is 11.3 Å². The Morgan fingerprint density at radius 1 is 1.15 bits per heavy atom. The third-order valence-corrected chi connectivity index (χ3v) is 4.36. The lowest BCUT2D eigenvalue weighted by molar-refractivity contribution is 0.194. The van der Waals surface area contributed by atoms with Gasteiger partial charge < -0.3 is 10.1 Å². The fourth-order valence-corrected chi connectivity index (χ4v) is 2.93. The zero-order valence-corrected chi connectivity index (χ0v) is 15.3. The van der Waals surface area contributed by atoms with Crippen molar-refractivity contribution in [3.63, 3.8) is 0 Å². The number of aromatic nitrogens is 2. The first kappa shape index (κ1) is 18.6. The van der Waals surface area contributed by atoms with Crippen molar-refractivity contribution < 1.29 is 9.13 Å². The summed E-state index contributed by atoms with van der Waals surface area (Å²) in [5.41, 5.74) is 3.52. The van der Waals surface area contributed by atoms with E-state index in [1.165, 1.54) is 12.1 Å². The van der Waals surface area contributed by atoms with Crippen molar-refractivity contribution in [1.82, 2.24) is 15.1 Å². The maximum absolute atomic E-state index is 13.2. The molecule has 1 heterocycles. The molecule has 0 amide bonds. The monoisotopic (exact) mass is 373 g/mol. The van der Waals surface area contributed by atoms with Crippen molar-refractivity contribution in [2.24, 2.45) is 0 Å². The molecule has 2 aromatic carbocycles. The first-order valence-corrected chi connectivity index (χ1v) is 8.86. The zero-order valence-electron chi connectivity index (χ0n) is 14.6. The van der Waals surface area contributed by atoms with Crippen LogP contribution in [0.4, 0.5) is 4.39 Å². The summed E-state index contributed by atoms with van der Waals surface area (Å²) in [6.07, 6.45) is 2.89. The van der Waals surface area contributed by atoms with E-state index in [9.17, 15) is 4.39 Å². The highest BCUT2D eigenvalue weighted by molar-refractivity contribution is 6.33. The number of nitrogens with one attached hydrogen (secondary N) is 1. The second-order valence-electron chi connectivity index (χ2n) is 5.93. The van der Waals surface area contributed by atoms with Crippen molar-refractivity contribution in [2.45, 2.75) is 13.0 Å². The van der Waals surface area contributed by atoms with E-state index in [0.29, 0.717) is 11.6 Å². The van der Waals surface area contributed by atoms with Crippen molar-refractivity contribution in [1.29, 1.82) is 0 Å². The fraction of sp³-hybridized carbons (Fsp3) is 0.250. The van der Waals surface area contributed by atoms with Gasteiger partial charge in [-0.15, -0.1) is 0 Å². The maximum atomic E-state index is 13.2. The van der Waals surface area contributed by atoms with Crippen LogP contribution in [-0.4, -0.2) is 30.0 Å². The topological polar surface area (TPSA) is 39.1 Å². The molecule has 26 heavy (non-hydrogen) atoms. The van der Waals surface area contributed by atoms with Gasteiger partial charge in [-0.1, -0.05) is 29.8 Å². The molecule has 3 rings (SSSR count). The molecule has 3 aromatic rings. The van der Waals surface area contributed by atoms with Gasteiger partial charge in [0.15, 0.2) is 0 Å². The summed E-state index contributed by atoms with van der Waals surface area (Å²) in [7, 11) is 1.70. The molecule has 0 aliphatic heterocycles. The number of hydrogen-bond donors (Lipinski definition) is 1. The van der Waals surface area contributed by atoms with Gasteiger partial charge in [-0.05, 0) is 43.3 Å². The molecule has 136 valence electrons. The van der Waals surface area contributed by atoms with Crippen LogP contribution >= 0.6 is 11.6 Å². The molecule has 6 heteroatoms. The standard InChI is InChI=1S/C20H21ClFN3O/c1-26-12-4-11-23-13-15-14-25(17-9-7-16(22)8-10-17)24-20(15)18-5-2-3-6-19(18)21/h2-3,5-10,14,23H,4,11-13H2,1H3. The van der Waals surface area contributed by atoms with Gasteiger partial charge in [0.05, 0.1) is 16.4 Å². The Balaban J connectivity index is 1.90. The molecule has 0 saturated carbocycles. The van der Waals surface area contributed by atoms with Crippen molar-refractivity contribution in [2.75, 3.05) is 20.3 Å². The summed E-state index contributed by atoms with van der Waals surface area (Å²) < 4.78 is 20.0. The SMILES string of the molecule is COCCCNCc1cn(-c2ccc(F)cc2)nc1-c1ccccc1Cl. The number of ether oxygens (including phenoxy) is 1. The highest BCUT2D eigenvalue weighted by Gasteiger charge is 2.14. The number of benzene rings is 2. The molecule has 0 radical (unpaired) electrons. The molecular weight excluding hydrogens is 353 g/mol. The normalized spacial score (nSPS) is 11.0. The van der Waals surface area contributed by atoms with Crippen molar-refractivity contribution in [3.8, 4) is 16.9 Å². The lowest BCUT2D eigenvalue weighted by atomic mass is 10.1. The van der Waals surface area contributed by atoms with E-state index in [1.807, 2.05) is 30.5 Å². The minimum atomic E-state index is -0.271. The van der Waals surface area contributed by atoms with E-state index in [1.54, 1.807) is 23.9 Å². The average Bonchev–Trinajstić information content (AvgIpc) is 3.06. The van der Waals surface area contributed by atoms with Crippen LogP contribution in [0.3, 0.4) is 0 Å². The molecule has 0 fully saturated rings.